The van der Waals surface area contributed by atoms with Crippen molar-refractivity contribution in [1.29, 1.82) is 0 Å². The van der Waals surface area contributed by atoms with Gasteiger partial charge < -0.3 is 10.9 Å². The molecule has 0 saturated heterocycles. The van der Waals surface area contributed by atoms with Gasteiger partial charge in [0, 0.05) is 11.6 Å². The number of benzene rings is 1. The first-order chi connectivity index (χ1) is 9.65. The van der Waals surface area contributed by atoms with Crippen molar-refractivity contribution in [3.8, 4) is 0 Å². The Hall–Kier alpha value is -1.75. The fourth-order valence-corrected chi connectivity index (χ4v) is 5.89. The fourth-order valence-electron chi connectivity index (χ4n) is 3.63. The van der Waals surface area contributed by atoms with Crippen molar-refractivity contribution >= 4 is 15.5 Å². The molecule has 4 rings (SSSR count). The standard InChI is InChI=1S/C15H16N2O2S/c18-20(19)9-13(17-16-12-4-2-1-3-5-12)14-10-6-7-11(8-10)15(14)20/h1-7,10-11,15-17H,8-9H2/t10-,11-,15-/m1/s1. The van der Waals surface area contributed by atoms with Crippen LogP contribution in [-0.4, -0.2) is 19.4 Å². The zero-order valence-corrected chi connectivity index (χ0v) is 11.7. The minimum Gasteiger partial charge on any atom is -0.304 e. The Kier molecular flexibility index (Phi) is 2.48. The van der Waals surface area contributed by atoms with E-state index in [2.05, 4.69) is 23.0 Å². The number of anilines is 1. The van der Waals surface area contributed by atoms with Crippen LogP contribution < -0.4 is 10.9 Å². The second-order valence-electron chi connectivity index (χ2n) is 5.67. The third kappa shape index (κ3) is 1.69. The molecule has 0 amide bonds. The van der Waals surface area contributed by atoms with Crippen molar-refractivity contribution < 1.29 is 8.42 Å². The highest BCUT2D eigenvalue weighted by Crippen LogP contribution is 2.50. The number of hydrazine groups is 1. The normalized spacial score (nSPS) is 32.5. The summed E-state index contributed by atoms with van der Waals surface area (Å²) in [6.45, 7) is 0. The minimum atomic E-state index is -3.04. The highest BCUT2D eigenvalue weighted by atomic mass is 32.2. The van der Waals surface area contributed by atoms with E-state index in [9.17, 15) is 8.42 Å². The second-order valence-corrected chi connectivity index (χ2v) is 7.79. The summed E-state index contributed by atoms with van der Waals surface area (Å²) in [6, 6.07) is 9.72. The Morgan fingerprint density at radius 1 is 1.05 bits per heavy atom. The molecule has 2 aliphatic carbocycles. The Morgan fingerprint density at radius 3 is 2.65 bits per heavy atom. The van der Waals surface area contributed by atoms with Crippen LogP contribution in [0.5, 0.6) is 0 Å². The van der Waals surface area contributed by atoms with Crippen molar-refractivity contribution in [2.75, 3.05) is 11.2 Å². The molecular weight excluding hydrogens is 272 g/mol. The van der Waals surface area contributed by atoms with E-state index in [-0.39, 0.29) is 16.9 Å². The largest absolute Gasteiger partial charge is 0.304 e. The molecule has 1 fully saturated rings. The Morgan fingerprint density at radius 2 is 1.85 bits per heavy atom. The third-order valence-electron chi connectivity index (χ3n) is 4.42. The molecule has 20 heavy (non-hydrogen) atoms. The lowest BCUT2D eigenvalue weighted by Gasteiger charge is -2.16. The van der Waals surface area contributed by atoms with Crippen molar-refractivity contribution in [3.63, 3.8) is 0 Å². The number of rotatable bonds is 3. The number of sulfone groups is 1. The van der Waals surface area contributed by atoms with Crippen molar-refractivity contribution in [1.82, 2.24) is 5.43 Å². The van der Waals surface area contributed by atoms with Crippen LogP contribution in [0.2, 0.25) is 0 Å². The lowest BCUT2D eigenvalue weighted by molar-refractivity contribution is 0.578. The van der Waals surface area contributed by atoms with E-state index < -0.39 is 9.84 Å². The highest BCUT2D eigenvalue weighted by molar-refractivity contribution is 7.92. The van der Waals surface area contributed by atoms with E-state index in [0.29, 0.717) is 5.92 Å². The molecule has 0 radical (unpaired) electrons. The quantitative estimate of drug-likeness (QED) is 0.658. The van der Waals surface area contributed by atoms with Gasteiger partial charge in [-0.15, -0.1) is 0 Å². The van der Waals surface area contributed by atoms with Crippen LogP contribution in [0.25, 0.3) is 0 Å². The molecule has 1 aliphatic heterocycles. The van der Waals surface area contributed by atoms with Gasteiger partial charge in [-0.2, -0.15) is 0 Å². The molecule has 2 bridgehead atoms. The van der Waals surface area contributed by atoms with Gasteiger partial charge in [0.25, 0.3) is 0 Å². The summed E-state index contributed by atoms with van der Waals surface area (Å²) >= 11 is 0. The Bertz CT molecular complexity index is 707. The highest BCUT2D eigenvalue weighted by Gasteiger charge is 2.52. The van der Waals surface area contributed by atoms with Crippen LogP contribution in [0, 0.1) is 11.8 Å². The first kappa shape index (κ1) is 12.0. The van der Waals surface area contributed by atoms with Gasteiger partial charge in [0.05, 0.1) is 16.7 Å². The topological polar surface area (TPSA) is 58.2 Å². The molecule has 1 aromatic rings. The SMILES string of the molecule is O=S1(=O)CC(NNc2ccccc2)=C2[C@@H]3C=C[C@H](C3)[C@H]21. The molecule has 3 aliphatic rings. The van der Waals surface area contributed by atoms with Gasteiger partial charge in [0.1, 0.15) is 0 Å². The number of hydrogen-bond acceptors (Lipinski definition) is 4. The van der Waals surface area contributed by atoms with Crippen LogP contribution in [-0.2, 0) is 9.84 Å². The number of allylic oxidation sites excluding steroid dienone is 2. The molecular formula is C15H16N2O2S. The average Bonchev–Trinajstić information content (AvgIpc) is 3.10. The van der Waals surface area contributed by atoms with E-state index >= 15 is 0 Å². The Balaban J connectivity index is 1.62. The van der Waals surface area contributed by atoms with Crippen LogP contribution in [0.1, 0.15) is 6.42 Å². The molecule has 1 aromatic carbocycles. The van der Waals surface area contributed by atoms with Gasteiger partial charge in [0.2, 0.25) is 0 Å². The van der Waals surface area contributed by atoms with Gasteiger partial charge in [-0.1, -0.05) is 30.4 Å². The van der Waals surface area contributed by atoms with Gasteiger partial charge >= 0.3 is 0 Å². The zero-order valence-electron chi connectivity index (χ0n) is 10.9. The van der Waals surface area contributed by atoms with Gasteiger partial charge in [-0.05, 0) is 30.0 Å². The molecule has 4 nitrogen and oxygen atoms in total. The number of para-hydroxylation sites is 1. The smallest absolute Gasteiger partial charge is 0.163 e. The molecule has 104 valence electrons. The van der Waals surface area contributed by atoms with Gasteiger partial charge in [0.15, 0.2) is 9.84 Å². The summed E-state index contributed by atoms with van der Waals surface area (Å²) in [5, 5.41) is -0.280. The van der Waals surface area contributed by atoms with E-state index in [4.69, 9.17) is 0 Å². The van der Waals surface area contributed by atoms with Crippen LogP contribution in [0.15, 0.2) is 53.8 Å². The maximum atomic E-state index is 12.3. The van der Waals surface area contributed by atoms with E-state index in [1.165, 1.54) is 0 Å². The summed E-state index contributed by atoms with van der Waals surface area (Å²) in [6.07, 6.45) is 5.18. The summed E-state index contributed by atoms with van der Waals surface area (Å²) in [5.74, 6) is 0.625. The van der Waals surface area contributed by atoms with Crippen molar-refractivity contribution in [3.05, 3.63) is 53.8 Å². The lowest BCUT2D eigenvalue weighted by Crippen LogP contribution is -2.24. The molecule has 0 spiro atoms. The monoisotopic (exact) mass is 288 g/mol. The minimum absolute atomic E-state index is 0.127. The molecule has 2 N–H and O–H groups in total. The van der Waals surface area contributed by atoms with E-state index in [1.807, 2.05) is 30.3 Å². The van der Waals surface area contributed by atoms with E-state index in [0.717, 1.165) is 23.4 Å². The van der Waals surface area contributed by atoms with Gasteiger partial charge in [-0.3, -0.25) is 0 Å². The predicted molar refractivity (Wildman–Crippen MR) is 78.5 cm³/mol. The average molecular weight is 288 g/mol. The molecule has 1 heterocycles. The summed E-state index contributed by atoms with van der Waals surface area (Å²) in [5.41, 5.74) is 9.08. The van der Waals surface area contributed by atoms with Gasteiger partial charge in [-0.25, -0.2) is 8.42 Å². The first-order valence-corrected chi connectivity index (χ1v) is 8.56. The molecule has 3 atom stereocenters. The molecule has 0 aromatic heterocycles. The number of nitrogens with one attached hydrogen (secondary N) is 2. The molecule has 1 saturated carbocycles. The summed E-state index contributed by atoms with van der Waals surface area (Å²) in [4.78, 5) is 0. The van der Waals surface area contributed by atoms with Crippen molar-refractivity contribution in [2.45, 2.75) is 11.7 Å². The predicted octanol–water partition coefficient (Wildman–Crippen LogP) is 1.86. The van der Waals surface area contributed by atoms with Crippen LogP contribution in [0.3, 0.4) is 0 Å². The van der Waals surface area contributed by atoms with Crippen molar-refractivity contribution in [2.24, 2.45) is 11.8 Å². The summed E-state index contributed by atoms with van der Waals surface area (Å²) in [7, 11) is -3.04. The van der Waals surface area contributed by atoms with Crippen LogP contribution >= 0.6 is 0 Å². The number of fused-ring (bicyclic) bond motifs is 5. The molecule has 0 unspecified atom stereocenters. The van der Waals surface area contributed by atoms with Crippen LogP contribution in [0.4, 0.5) is 5.69 Å². The Labute approximate surface area is 118 Å². The summed E-state index contributed by atoms with van der Waals surface area (Å²) < 4.78 is 24.6. The van der Waals surface area contributed by atoms with E-state index in [1.54, 1.807) is 0 Å². The lowest BCUT2D eigenvalue weighted by atomic mass is 9.99. The molecule has 5 heteroatoms. The third-order valence-corrected chi connectivity index (χ3v) is 6.49. The first-order valence-electron chi connectivity index (χ1n) is 6.85. The number of hydrogen-bond donors (Lipinski definition) is 2. The maximum absolute atomic E-state index is 12.3. The second kappa shape index (κ2) is 4.12. The zero-order chi connectivity index (χ0) is 13.7. The fraction of sp³-hybridized carbons (Fsp3) is 0.333. The maximum Gasteiger partial charge on any atom is 0.163 e.